The zero-order valence-electron chi connectivity index (χ0n) is 16.4. The number of hydrogen-bond donors (Lipinski definition) is 2. The molecule has 2 rings (SSSR count). The maximum absolute atomic E-state index is 12.6. The molecule has 0 saturated carbocycles. The van der Waals surface area contributed by atoms with Gasteiger partial charge in [0.1, 0.15) is 18.3 Å². The molecule has 1 aliphatic rings. The molecular formula is C14H18N5NaO8S2. The van der Waals surface area contributed by atoms with E-state index in [1.807, 2.05) is 6.92 Å². The molecule has 0 unspecified atom stereocenters. The number of carbonyl (C=O) groups excluding carboxylic acids is 3. The van der Waals surface area contributed by atoms with Crippen LogP contribution in [0.3, 0.4) is 0 Å². The van der Waals surface area contributed by atoms with Crippen molar-refractivity contribution in [2.45, 2.75) is 31.8 Å². The van der Waals surface area contributed by atoms with Gasteiger partial charge in [-0.15, -0.1) is 11.3 Å². The van der Waals surface area contributed by atoms with Crippen LogP contribution in [0.15, 0.2) is 10.5 Å². The molecule has 1 saturated heterocycles. The van der Waals surface area contributed by atoms with Crippen LogP contribution in [0.4, 0.5) is 5.13 Å². The minimum absolute atomic E-state index is 0. The summed E-state index contributed by atoms with van der Waals surface area (Å²) in [5, 5.41) is 7.44. The van der Waals surface area contributed by atoms with Crippen molar-refractivity contribution in [1.82, 2.24) is 14.6 Å². The van der Waals surface area contributed by atoms with Crippen molar-refractivity contribution in [3.63, 3.8) is 0 Å². The smallest absolute Gasteiger partial charge is 0.731 e. The first kappa shape index (κ1) is 26.3. The van der Waals surface area contributed by atoms with Gasteiger partial charge in [0.15, 0.2) is 27.2 Å². The Morgan fingerprint density at radius 2 is 2.13 bits per heavy atom. The molecule has 0 spiro atoms. The Morgan fingerprint density at radius 3 is 2.63 bits per heavy atom. The number of aromatic nitrogens is 1. The average molecular weight is 471 g/mol. The molecular weight excluding hydrogens is 453 g/mol. The van der Waals surface area contributed by atoms with Gasteiger partial charge in [-0.3, -0.25) is 9.59 Å². The monoisotopic (exact) mass is 471 g/mol. The first-order valence-corrected chi connectivity index (χ1v) is 10.4. The van der Waals surface area contributed by atoms with Gasteiger partial charge in [0.2, 0.25) is 0 Å². The molecule has 2 amide bonds. The second-order valence-electron chi connectivity index (χ2n) is 5.71. The number of nitrogen functional groups attached to an aromatic ring is 1. The van der Waals surface area contributed by atoms with Crippen LogP contribution < -0.4 is 40.6 Å². The zero-order valence-corrected chi connectivity index (χ0v) is 20.0. The van der Waals surface area contributed by atoms with Crippen molar-refractivity contribution in [1.29, 1.82) is 0 Å². The van der Waals surface area contributed by atoms with Gasteiger partial charge in [-0.05, 0) is 6.42 Å². The van der Waals surface area contributed by atoms with Crippen LogP contribution in [0.2, 0.25) is 0 Å². The van der Waals surface area contributed by atoms with E-state index < -0.39 is 40.2 Å². The number of hydrogen-bond acceptors (Lipinski definition) is 12. The third kappa shape index (κ3) is 5.89. The Morgan fingerprint density at radius 1 is 1.47 bits per heavy atom. The summed E-state index contributed by atoms with van der Waals surface area (Å²) < 4.78 is 37.8. The van der Waals surface area contributed by atoms with Gasteiger partial charge in [0.05, 0.1) is 7.11 Å². The van der Waals surface area contributed by atoms with E-state index in [4.69, 9.17) is 10.6 Å². The van der Waals surface area contributed by atoms with Crippen LogP contribution >= 0.6 is 11.3 Å². The van der Waals surface area contributed by atoms with Crippen LogP contribution in [0, 0.1) is 0 Å². The second kappa shape index (κ2) is 11.0. The first-order valence-electron chi connectivity index (χ1n) is 8.20. The number of methoxy groups -OCH3 is 1. The van der Waals surface area contributed by atoms with Gasteiger partial charge in [-0.25, -0.2) is 22.5 Å². The maximum Gasteiger partial charge on any atom is 1.00 e. The summed E-state index contributed by atoms with van der Waals surface area (Å²) >= 11 is 1.03. The Bertz CT molecular complexity index is 935. The Kier molecular flexibility index (Phi) is 9.64. The van der Waals surface area contributed by atoms with Gasteiger partial charge >= 0.3 is 35.5 Å². The Hall–Kier alpha value is -1.78. The topological polar surface area (TPSA) is 193 Å². The van der Waals surface area contributed by atoms with Crippen molar-refractivity contribution in [3.05, 3.63) is 11.1 Å². The van der Waals surface area contributed by atoms with Crippen LogP contribution in [-0.4, -0.2) is 71.6 Å². The number of thiazole rings is 1. The number of carbonyl (C=O) groups is 3. The van der Waals surface area contributed by atoms with E-state index in [0.717, 1.165) is 24.9 Å². The molecule has 1 aromatic heterocycles. The van der Waals surface area contributed by atoms with Gasteiger partial charge in [0, 0.05) is 5.38 Å². The fraction of sp³-hybridized carbons (Fsp3) is 0.500. The number of oxime groups is 1. The predicted octanol–water partition coefficient (Wildman–Crippen LogP) is -4.42. The zero-order chi connectivity index (χ0) is 21.8. The van der Waals surface area contributed by atoms with Crippen LogP contribution in [0.5, 0.6) is 0 Å². The minimum Gasteiger partial charge on any atom is -0.731 e. The standard InChI is InChI=1S/C14H19N5O8S2.Na/c1-3-4-5-27-18-8(7-6-28-14(15)16-7)11(20)17-9-10(13(22)26-2)19(12(9)21)29(23,24)25;/h6,9-10H,3-5H2,1-2H3,(H2,15,16)(H,17,20)(H,23,24,25);/q;+1/p-1/t9-,10-;/m1./s1. The Balaban J connectivity index is 0.00000450. The molecule has 0 radical (unpaired) electrons. The number of ether oxygens (including phenoxy) is 1. The summed E-state index contributed by atoms with van der Waals surface area (Å²) in [5.74, 6) is -3.46. The minimum atomic E-state index is -5.28. The third-order valence-corrected chi connectivity index (χ3v) is 5.31. The number of rotatable bonds is 9. The van der Waals surface area contributed by atoms with E-state index in [0.29, 0.717) is 6.42 Å². The number of esters is 1. The molecule has 160 valence electrons. The van der Waals surface area contributed by atoms with Gasteiger partial charge in [0.25, 0.3) is 11.8 Å². The number of anilines is 1. The van der Waals surface area contributed by atoms with E-state index in [1.54, 1.807) is 0 Å². The number of β-lactam (4-membered cyclic amide) rings is 1. The molecule has 2 atom stereocenters. The quantitative estimate of drug-likeness (QED) is 0.0675. The summed E-state index contributed by atoms with van der Waals surface area (Å²) in [6.45, 7) is 2.13. The van der Waals surface area contributed by atoms with Crippen LogP contribution in [0.1, 0.15) is 25.5 Å². The van der Waals surface area contributed by atoms with E-state index in [-0.39, 0.29) is 57.0 Å². The fourth-order valence-electron chi connectivity index (χ4n) is 2.33. The SMILES string of the molecule is CCCCON=C(C(=O)N[C@H]1C(=O)N(S(=O)(=O)[O-])[C@H]1C(=O)OC)c1csc(N)n1.[Na+]. The molecule has 13 nitrogen and oxygen atoms in total. The summed E-state index contributed by atoms with van der Waals surface area (Å²) in [4.78, 5) is 45.5. The fourth-order valence-corrected chi connectivity index (χ4v) is 3.70. The van der Waals surface area contributed by atoms with Crippen molar-refractivity contribution in [2.24, 2.45) is 5.16 Å². The molecule has 30 heavy (non-hydrogen) atoms. The van der Waals surface area contributed by atoms with E-state index in [2.05, 4.69) is 20.2 Å². The molecule has 3 N–H and O–H groups in total. The van der Waals surface area contributed by atoms with Crippen LogP contribution in [0.25, 0.3) is 0 Å². The van der Waals surface area contributed by atoms with Gasteiger partial charge in [-0.1, -0.05) is 18.5 Å². The summed E-state index contributed by atoms with van der Waals surface area (Å²) in [5.41, 5.74) is 5.27. The van der Waals surface area contributed by atoms with Gasteiger partial charge in [-0.2, -0.15) is 0 Å². The molecule has 1 fully saturated rings. The molecule has 1 aromatic rings. The maximum atomic E-state index is 12.6. The normalized spacial score (nSPS) is 18.8. The number of unbranched alkanes of at least 4 members (excludes halogenated alkanes) is 1. The molecule has 2 heterocycles. The summed E-state index contributed by atoms with van der Waals surface area (Å²) in [6, 6.07) is -3.47. The van der Waals surface area contributed by atoms with Crippen molar-refractivity contribution in [2.75, 3.05) is 19.5 Å². The second-order valence-corrected chi connectivity index (χ2v) is 7.85. The average Bonchev–Trinajstić information content (AvgIpc) is 3.07. The molecule has 1 aliphatic heterocycles. The summed E-state index contributed by atoms with van der Waals surface area (Å²) in [7, 11) is -4.34. The molecule has 0 bridgehead atoms. The number of nitrogens with one attached hydrogen (secondary N) is 1. The number of nitrogens with zero attached hydrogens (tertiary/aromatic N) is 3. The van der Waals surface area contributed by atoms with E-state index in [9.17, 15) is 27.4 Å². The number of nitrogens with two attached hydrogens (primary N) is 1. The molecule has 0 aromatic carbocycles. The predicted molar refractivity (Wildman–Crippen MR) is 98.2 cm³/mol. The van der Waals surface area contributed by atoms with Crippen molar-refractivity contribution >= 4 is 50.3 Å². The van der Waals surface area contributed by atoms with Crippen molar-refractivity contribution in [3.8, 4) is 0 Å². The van der Waals surface area contributed by atoms with E-state index in [1.165, 1.54) is 5.38 Å². The first-order chi connectivity index (χ1) is 13.6. The number of amides is 2. The van der Waals surface area contributed by atoms with E-state index >= 15 is 0 Å². The largest absolute Gasteiger partial charge is 1.00 e. The molecule has 16 heteroatoms. The van der Waals surface area contributed by atoms with Crippen LogP contribution in [-0.2, 0) is 34.3 Å². The Labute approximate surface area is 198 Å². The summed E-state index contributed by atoms with van der Waals surface area (Å²) in [6.07, 6.45) is 1.48. The van der Waals surface area contributed by atoms with Gasteiger partial charge < -0.3 is 25.2 Å². The van der Waals surface area contributed by atoms with Crippen molar-refractivity contribution < 1.29 is 66.5 Å². The third-order valence-electron chi connectivity index (χ3n) is 3.75. The molecule has 0 aliphatic carbocycles.